The summed E-state index contributed by atoms with van der Waals surface area (Å²) in [5.74, 6) is -0.799. The molecule has 1 aliphatic rings. The van der Waals surface area contributed by atoms with Crippen molar-refractivity contribution in [3.63, 3.8) is 0 Å². The summed E-state index contributed by atoms with van der Waals surface area (Å²) in [6.07, 6.45) is 2.16. The number of nitrogens with one attached hydrogen (secondary N) is 1. The second kappa shape index (κ2) is 7.30. The molecule has 0 radical (unpaired) electrons. The van der Waals surface area contributed by atoms with E-state index >= 15 is 0 Å². The van der Waals surface area contributed by atoms with E-state index in [1.54, 1.807) is 27.0 Å². The molecule has 22 heavy (non-hydrogen) atoms. The molecule has 1 saturated heterocycles. The molecule has 7 heteroatoms. The molecule has 0 aliphatic carbocycles. The van der Waals surface area contributed by atoms with Crippen molar-refractivity contribution < 1.29 is 9.59 Å². The Morgan fingerprint density at radius 2 is 1.73 bits per heavy atom. The summed E-state index contributed by atoms with van der Waals surface area (Å²) in [7, 11) is 0. The maximum atomic E-state index is 12.5. The smallest absolute Gasteiger partial charge is 0.246 e. The number of aryl methyl sites for hydroxylation is 1. The third-order valence-corrected chi connectivity index (χ3v) is 6.27. The lowest BCUT2D eigenvalue weighted by Gasteiger charge is -2.30. The minimum absolute atomic E-state index is 0.0677. The summed E-state index contributed by atoms with van der Waals surface area (Å²) in [5, 5.41) is 4.05. The summed E-state index contributed by atoms with van der Waals surface area (Å²) in [6.45, 7) is 0.625. The maximum absolute atomic E-state index is 12.5. The first-order valence-electron chi connectivity index (χ1n) is 7.07. The molecule has 2 amide bonds. The highest BCUT2D eigenvalue weighted by Crippen LogP contribution is 2.24. The Balaban J connectivity index is 1.57. The minimum atomic E-state index is -0.563. The number of nitrogens with zero attached hydrogens (tertiary/aromatic N) is 1. The van der Waals surface area contributed by atoms with Gasteiger partial charge >= 0.3 is 0 Å². The van der Waals surface area contributed by atoms with Crippen LogP contribution in [0.4, 0.5) is 0 Å². The third-order valence-electron chi connectivity index (χ3n) is 3.52. The van der Waals surface area contributed by atoms with Gasteiger partial charge in [0.1, 0.15) is 5.92 Å². The minimum Gasteiger partial charge on any atom is -0.281 e. The molecule has 1 fully saturated rings. The molecule has 3 rings (SSSR count). The van der Waals surface area contributed by atoms with Crippen LogP contribution in [0.3, 0.4) is 0 Å². The molecule has 2 aromatic heterocycles. The molecule has 1 unspecified atom stereocenters. The van der Waals surface area contributed by atoms with E-state index in [2.05, 4.69) is 10.8 Å². The number of rotatable bonds is 6. The molecule has 1 atom stereocenters. The molecule has 3 heterocycles. The highest BCUT2D eigenvalue weighted by molar-refractivity contribution is 7.96. The number of carbonyl (C=O) groups is 2. The highest BCUT2D eigenvalue weighted by Gasteiger charge is 2.35. The molecule has 1 N–H and O–H groups in total. The third kappa shape index (κ3) is 3.71. The van der Waals surface area contributed by atoms with E-state index < -0.39 is 5.92 Å². The van der Waals surface area contributed by atoms with E-state index in [-0.39, 0.29) is 11.8 Å². The Hall–Kier alpha value is -1.31. The lowest BCUT2D eigenvalue weighted by molar-refractivity contribution is -0.139. The maximum Gasteiger partial charge on any atom is 0.246 e. The van der Waals surface area contributed by atoms with Crippen LogP contribution in [0.25, 0.3) is 0 Å². The van der Waals surface area contributed by atoms with Crippen molar-refractivity contribution in [1.82, 2.24) is 9.03 Å². The zero-order valence-corrected chi connectivity index (χ0v) is 14.3. The topological polar surface area (TPSA) is 49.4 Å². The van der Waals surface area contributed by atoms with Gasteiger partial charge in [-0.2, -0.15) is 0 Å². The number of amides is 2. The first kappa shape index (κ1) is 15.6. The van der Waals surface area contributed by atoms with Crippen LogP contribution < -0.4 is 4.72 Å². The quantitative estimate of drug-likeness (QED) is 0.642. The number of carbonyl (C=O) groups excluding carboxylic acids is 2. The van der Waals surface area contributed by atoms with E-state index in [0.717, 1.165) is 25.0 Å². The van der Waals surface area contributed by atoms with Crippen LogP contribution in [0.5, 0.6) is 0 Å². The number of thiophene rings is 2. The van der Waals surface area contributed by atoms with Crippen molar-refractivity contribution >= 4 is 46.6 Å². The van der Waals surface area contributed by atoms with Crippen LogP contribution in [-0.2, 0) is 22.4 Å². The average molecular weight is 353 g/mol. The number of hydrogen-bond donors (Lipinski definition) is 1. The number of hydrogen-bond acceptors (Lipinski definition) is 5. The molecule has 0 saturated carbocycles. The molecular weight excluding hydrogens is 336 g/mol. The first-order valence-corrected chi connectivity index (χ1v) is 9.60. The molecule has 116 valence electrons. The largest absolute Gasteiger partial charge is 0.281 e. The second-order valence-electron chi connectivity index (χ2n) is 5.00. The predicted molar refractivity (Wildman–Crippen MR) is 91.6 cm³/mol. The predicted octanol–water partition coefficient (Wildman–Crippen LogP) is 3.12. The summed E-state index contributed by atoms with van der Waals surface area (Å²) >= 11 is 4.47. The van der Waals surface area contributed by atoms with Gasteiger partial charge in [-0.1, -0.05) is 12.1 Å². The average Bonchev–Trinajstić information content (AvgIpc) is 3.19. The van der Waals surface area contributed by atoms with Gasteiger partial charge in [-0.15, -0.1) is 22.7 Å². The van der Waals surface area contributed by atoms with E-state index in [0.29, 0.717) is 13.0 Å². The lowest BCUT2D eigenvalue weighted by Crippen LogP contribution is -2.47. The van der Waals surface area contributed by atoms with Crippen LogP contribution >= 0.6 is 34.8 Å². The van der Waals surface area contributed by atoms with Crippen LogP contribution in [0.2, 0.25) is 0 Å². The molecule has 0 aromatic carbocycles. The van der Waals surface area contributed by atoms with Crippen molar-refractivity contribution in [1.29, 1.82) is 0 Å². The Labute approximate surface area is 141 Å². The molecular formula is C15H16N2O2S3. The molecule has 0 bridgehead atoms. The van der Waals surface area contributed by atoms with E-state index in [1.807, 2.05) is 29.0 Å². The Morgan fingerprint density at radius 3 is 2.36 bits per heavy atom. The Kier molecular flexibility index (Phi) is 5.17. The molecule has 1 aliphatic heterocycles. The van der Waals surface area contributed by atoms with Gasteiger partial charge in [0, 0.05) is 22.7 Å². The zero-order chi connectivity index (χ0) is 15.4. The first-order chi connectivity index (χ1) is 10.7. The van der Waals surface area contributed by atoms with Gasteiger partial charge in [0.2, 0.25) is 11.8 Å². The van der Waals surface area contributed by atoms with Gasteiger partial charge < -0.3 is 0 Å². The van der Waals surface area contributed by atoms with Gasteiger partial charge in [-0.3, -0.25) is 18.6 Å². The zero-order valence-electron chi connectivity index (χ0n) is 11.9. The summed E-state index contributed by atoms with van der Waals surface area (Å²) in [5.41, 5.74) is 0. The van der Waals surface area contributed by atoms with Crippen LogP contribution in [-0.4, -0.2) is 22.7 Å². The van der Waals surface area contributed by atoms with Gasteiger partial charge in [-0.25, -0.2) is 0 Å². The fraction of sp³-hybridized carbons (Fsp3) is 0.333. The Bertz CT molecular complexity index is 625. The standard InChI is InChI=1S/C15H16N2O2S3/c18-14-13(6-5-11-3-1-9-20-11)15(19)17(22-16-14)8-7-12-4-2-10-21-12/h1-4,9-10,13H,5-8H2,(H,16,18). The fourth-order valence-corrected chi connectivity index (χ4v) is 4.49. The monoisotopic (exact) mass is 352 g/mol. The van der Waals surface area contributed by atoms with Gasteiger partial charge in [0.05, 0.1) is 12.1 Å². The van der Waals surface area contributed by atoms with Crippen molar-refractivity contribution in [3.8, 4) is 0 Å². The highest BCUT2D eigenvalue weighted by atomic mass is 32.2. The van der Waals surface area contributed by atoms with E-state index in [9.17, 15) is 9.59 Å². The van der Waals surface area contributed by atoms with Gasteiger partial charge in [-0.05, 0) is 35.7 Å². The summed E-state index contributed by atoms with van der Waals surface area (Å²) in [6, 6.07) is 8.11. The van der Waals surface area contributed by atoms with Crippen molar-refractivity contribution in [3.05, 3.63) is 44.8 Å². The van der Waals surface area contributed by atoms with E-state index in [1.165, 1.54) is 9.75 Å². The molecule has 0 spiro atoms. The molecule has 4 nitrogen and oxygen atoms in total. The fourth-order valence-electron chi connectivity index (χ4n) is 2.32. The Morgan fingerprint density at radius 1 is 1.05 bits per heavy atom. The van der Waals surface area contributed by atoms with Gasteiger partial charge in [0.15, 0.2) is 0 Å². The van der Waals surface area contributed by atoms with Crippen molar-refractivity contribution in [2.45, 2.75) is 19.3 Å². The normalized spacial score (nSPS) is 18.5. The van der Waals surface area contributed by atoms with Crippen LogP contribution in [0.15, 0.2) is 35.0 Å². The summed E-state index contributed by atoms with van der Waals surface area (Å²) < 4.78 is 4.44. The van der Waals surface area contributed by atoms with Crippen molar-refractivity contribution in [2.24, 2.45) is 5.92 Å². The van der Waals surface area contributed by atoms with Gasteiger partial charge in [0.25, 0.3) is 0 Å². The second-order valence-corrected chi connectivity index (χ2v) is 7.89. The SMILES string of the molecule is O=C1NSN(CCc2cccs2)C(=O)C1CCc1cccs1. The van der Waals surface area contributed by atoms with Crippen LogP contribution in [0, 0.1) is 5.92 Å². The van der Waals surface area contributed by atoms with Crippen LogP contribution in [0.1, 0.15) is 16.2 Å². The summed E-state index contributed by atoms with van der Waals surface area (Å²) in [4.78, 5) is 26.9. The lowest BCUT2D eigenvalue weighted by atomic mass is 10.0. The van der Waals surface area contributed by atoms with E-state index in [4.69, 9.17) is 0 Å². The molecule has 2 aromatic rings. The van der Waals surface area contributed by atoms with Crippen molar-refractivity contribution in [2.75, 3.05) is 6.54 Å².